The molecule has 0 aromatic heterocycles. The minimum absolute atomic E-state index is 0.0190. The molecule has 5 nitrogen and oxygen atoms in total. The number of piperidine rings is 1. The second-order valence-corrected chi connectivity index (χ2v) is 6.26. The Morgan fingerprint density at radius 1 is 1.36 bits per heavy atom. The van der Waals surface area contributed by atoms with Crippen LogP contribution in [0.3, 0.4) is 0 Å². The Balaban J connectivity index is 2.08. The first-order chi connectivity index (χ1) is 10.5. The molecule has 1 fully saturated rings. The summed E-state index contributed by atoms with van der Waals surface area (Å²) in [5.74, 6) is 0.678. The van der Waals surface area contributed by atoms with Gasteiger partial charge in [0.15, 0.2) is 0 Å². The van der Waals surface area contributed by atoms with Gasteiger partial charge in [0.05, 0.1) is 12.5 Å². The Kier molecular flexibility index (Phi) is 5.66. The van der Waals surface area contributed by atoms with E-state index in [9.17, 15) is 9.59 Å². The number of nitrogens with zero attached hydrogens (tertiary/aromatic N) is 1. The summed E-state index contributed by atoms with van der Waals surface area (Å²) in [4.78, 5) is 25.6. The van der Waals surface area contributed by atoms with Crippen molar-refractivity contribution in [1.82, 2.24) is 10.2 Å². The predicted molar refractivity (Wildman–Crippen MR) is 86.5 cm³/mol. The number of carbonyl (C=O) groups is 2. The summed E-state index contributed by atoms with van der Waals surface area (Å²) in [5, 5.41) is 3.14. The van der Waals surface area contributed by atoms with Gasteiger partial charge in [-0.3, -0.25) is 4.79 Å². The van der Waals surface area contributed by atoms with Gasteiger partial charge in [0.1, 0.15) is 0 Å². The van der Waals surface area contributed by atoms with Gasteiger partial charge in [0.25, 0.3) is 0 Å². The zero-order valence-corrected chi connectivity index (χ0v) is 13.5. The zero-order chi connectivity index (χ0) is 16.1. The molecule has 6 heteroatoms. The fraction of sp³-hybridized carbons (Fsp3) is 0.500. The molecule has 1 aliphatic rings. The smallest absolute Gasteiger partial charge is 0.312 e. The number of hydrogen-bond donors (Lipinski definition) is 2. The van der Waals surface area contributed by atoms with Gasteiger partial charge in [0.2, 0.25) is 5.91 Å². The van der Waals surface area contributed by atoms with Crippen molar-refractivity contribution in [2.24, 2.45) is 11.7 Å². The van der Waals surface area contributed by atoms with E-state index in [1.807, 2.05) is 11.0 Å². The van der Waals surface area contributed by atoms with E-state index in [2.05, 4.69) is 12.2 Å². The number of likely N-dealkylation sites (tertiary alicyclic amines) is 1. The standard InChI is InChI=1S/C16H22ClN3O2/c1-11-6-8-20(9-7-11)15(21)10-14(19-16(18)22)12-4-2-3-5-13(12)17/h2-5,11,14H,6-10H2,1H3,(H3,18,19,22)/t14-/m1/s1. The highest BCUT2D eigenvalue weighted by Gasteiger charge is 2.25. The third-order valence-corrected chi connectivity index (χ3v) is 4.46. The van der Waals surface area contributed by atoms with Crippen molar-refractivity contribution in [3.63, 3.8) is 0 Å². The Labute approximate surface area is 135 Å². The highest BCUT2D eigenvalue weighted by Crippen LogP contribution is 2.26. The summed E-state index contributed by atoms with van der Waals surface area (Å²) in [7, 11) is 0. The lowest BCUT2D eigenvalue weighted by atomic mass is 9.97. The lowest BCUT2D eigenvalue weighted by Crippen LogP contribution is -2.41. The molecule has 1 aromatic rings. The van der Waals surface area contributed by atoms with Crippen LogP contribution in [0.25, 0.3) is 0 Å². The molecular formula is C16H22ClN3O2. The van der Waals surface area contributed by atoms with Crippen molar-refractivity contribution < 1.29 is 9.59 Å². The van der Waals surface area contributed by atoms with Crippen LogP contribution in [0.5, 0.6) is 0 Å². The lowest BCUT2D eigenvalue weighted by molar-refractivity contribution is -0.133. The summed E-state index contributed by atoms with van der Waals surface area (Å²) in [6.07, 6.45) is 2.21. The van der Waals surface area contributed by atoms with E-state index in [0.717, 1.165) is 25.9 Å². The van der Waals surface area contributed by atoms with Crippen LogP contribution in [-0.4, -0.2) is 29.9 Å². The molecule has 0 saturated carbocycles. The normalized spacial score (nSPS) is 17.1. The summed E-state index contributed by atoms with van der Waals surface area (Å²) in [5.41, 5.74) is 5.95. The summed E-state index contributed by atoms with van der Waals surface area (Å²) >= 11 is 6.17. The minimum Gasteiger partial charge on any atom is -0.352 e. The molecule has 120 valence electrons. The van der Waals surface area contributed by atoms with Crippen LogP contribution in [0.1, 0.15) is 37.8 Å². The Bertz CT molecular complexity index is 542. The third kappa shape index (κ3) is 4.37. The van der Waals surface area contributed by atoms with E-state index in [-0.39, 0.29) is 12.3 Å². The zero-order valence-electron chi connectivity index (χ0n) is 12.7. The maximum atomic E-state index is 12.5. The van der Waals surface area contributed by atoms with E-state index in [1.165, 1.54) is 0 Å². The van der Waals surface area contributed by atoms with Gasteiger partial charge >= 0.3 is 6.03 Å². The molecule has 3 N–H and O–H groups in total. The van der Waals surface area contributed by atoms with Crippen molar-refractivity contribution in [3.8, 4) is 0 Å². The molecule has 22 heavy (non-hydrogen) atoms. The Hall–Kier alpha value is -1.75. The Morgan fingerprint density at radius 3 is 2.59 bits per heavy atom. The number of benzene rings is 1. The molecule has 2 rings (SSSR count). The predicted octanol–water partition coefficient (Wildman–Crippen LogP) is 2.70. The third-order valence-electron chi connectivity index (χ3n) is 4.11. The van der Waals surface area contributed by atoms with Gasteiger partial charge in [-0.05, 0) is 30.4 Å². The van der Waals surface area contributed by atoms with E-state index >= 15 is 0 Å². The van der Waals surface area contributed by atoms with Gasteiger partial charge in [-0.15, -0.1) is 0 Å². The average molecular weight is 324 g/mol. The maximum absolute atomic E-state index is 12.5. The number of carbonyl (C=O) groups excluding carboxylic acids is 2. The number of primary amides is 1. The van der Waals surface area contributed by atoms with Crippen LogP contribution < -0.4 is 11.1 Å². The number of amides is 3. The number of hydrogen-bond acceptors (Lipinski definition) is 2. The molecule has 0 spiro atoms. The molecular weight excluding hydrogens is 302 g/mol. The maximum Gasteiger partial charge on any atom is 0.312 e. The van der Waals surface area contributed by atoms with Crippen LogP contribution >= 0.6 is 11.6 Å². The van der Waals surface area contributed by atoms with Crippen LogP contribution in [0, 0.1) is 5.92 Å². The minimum atomic E-state index is -0.662. The molecule has 0 unspecified atom stereocenters. The van der Waals surface area contributed by atoms with Crippen LogP contribution in [-0.2, 0) is 4.79 Å². The number of rotatable bonds is 4. The molecule has 1 atom stereocenters. The van der Waals surface area contributed by atoms with E-state index < -0.39 is 12.1 Å². The van der Waals surface area contributed by atoms with Crippen LogP contribution in [0.4, 0.5) is 4.79 Å². The highest BCUT2D eigenvalue weighted by atomic mass is 35.5. The molecule has 1 heterocycles. The average Bonchev–Trinajstić information content (AvgIpc) is 2.47. The summed E-state index contributed by atoms with van der Waals surface area (Å²) < 4.78 is 0. The molecule has 0 bridgehead atoms. The SMILES string of the molecule is CC1CCN(C(=O)C[C@@H](NC(N)=O)c2ccccc2Cl)CC1. The first kappa shape index (κ1) is 16.6. The van der Waals surface area contributed by atoms with Gasteiger partial charge < -0.3 is 16.0 Å². The van der Waals surface area contributed by atoms with Gasteiger partial charge in [-0.1, -0.05) is 36.7 Å². The van der Waals surface area contributed by atoms with Crippen molar-refractivity contribution in [2.75, 3.05) is 13.1 Å². The number of urea groups is 1. The number of halogens is 1. The van der Waals surface area contributed by atoms with E-state index in [0.29, 0.717) is 16.5 Å². The van der Waals surface area contributed by atoms with Crippen molar-refractivity contribution >= 4 is 23.5 Å². The number of nitrogens with one attached hydrogen (secondary N) is 1. The van der Waals surface area contributed by atoms with Gasteiger partial charge in [0, 0.05) is 18.1 Å². The van der Waals surface area contributed by atoms with Crippen molar-refractivity contribution in [3.05, 3.63) is 34.9 Å². The van der Waals surface area contributed by atoms with Crippen molar-refractivity contribution in [2.45, 2.75) is 32.2 Å². The molecule has 1 aliphatic heterocycles. The fourth-order valence-electron chi connectivity index (χ4n) is 2.73. The summed E-state index contributed by atoms with van der Waals surface area (Å²) in [6, 6.07) is 6.00. The van der Waals surface area contributed by atoms with Gasteiger partial charge in [-0.25, -0.2) is 4.79 Å². The fourth-order valence-corrected chi connectivity index (χ4v) is 3.00. The molecule has 3 amide bonds. The molecule has 1 aromatic carbocycles. The second-order valence-electron chi connectivity index (χ2n) is 5.85. The molecule has 0 aliphatic carbocycles. The topological polar surface area (TPSA) is 75.4 Å². The van der Waals surface area contributed by atoms with Crippen LogP contribution in [0.15, 0.2) is 24.3 Å². The lowest BCUT2D eigenvalue weighted by Gasteiger charge is -2.31. The monoisotopic (exact) mass is 323 g/mol. The van der Waals surface area contributed by atoms with Crippen LogP contribution in [0.2, 0.25) is 5.02 Å². The van der Waals surface area contributed by atoms with Crippen molar-refractivity contribution in [1.29, 1.82) is 0 Å². The highest BCUT2D eigenvalue weighted by molar-refractivity contribution is 6.31. The second kappa shape index (κ2) is 7.49. The number of nitrogens with two attached hydrogens (primary N) is 1. The van der Waals surface area contributed by atoms with E-state index in [4.69, 9.17) is 17.3 Å². The van der Waals surface area contributed by atoms with E-state index in [1.54, 1.807) is 18.2 Å². The first-order valence-corrected chi connectivity index (χ1v) is 7.93. The Morgan fingerprint density at radius 2 is 2.00 bits per heavy atom. The molecule has 0 radical (unpaired) electrons. The molecule has 1 saturated heterocycles. The summed E-state index contributed by atoms with van der Waals surface area (Å²) in [6.45, 7) is 3.74. The first-order valence-electron chi connectivity index (χ1n) is 7.55. The largest absolute Gasteiger partial charge is 0.352 e. The van der Waals surface area contributed by atoms with Gasteiger partial charge in [-0.2, -0.15) is 0 Å². The quantitative estimate of drug-likeness (QED) is 0.894.